The lowest BCUT2D eigenvalue weighted by Gasteiger charge is -2.30. The lowest BCUT2D eigenvalue weighted by molar-refractivity contribution is -0.141. The number of ketones is 1. The van der Waals surface area contributed by atoms with E-state index in [2.05, 4.69) is 0 Å². The van der Waals surface area contributed by atoms with Gasteiger partial charge < -0.3 is 19.5 Å². The SMILES string of the molecule is CCCOc1ccc(/C(O)=C2/C(=O)C(=O)N(C3CCCC3)C2c2ccc(OCC)cc2)cc1. The van der Waals surface area contributed by atoms with Crippen LogP contribution in [0.2, 0.25) is 0 Å². The molecule has 1 amide bonds. The summed E-state index contributed by atoms with van der Waals surface area (Å²) in [5, 5.41) is 11.2. The van der Waals surface area contributed by atoms with Crippen molar-refractivity contribution < 1.29 is 24.2 Å². The summed E-state index contributed by atoms with van der Waals surface area (Å²) in [4.78, 5) is 28.0. The van der Waals surface area contributed by atoms with Crippen LogP contribution in [-0.2, 0) is 9.59 Å². The zero-order valence-electron chi connectivity index (χ0n) is 19.3. The Morgan fingerprint density at radius 1 is 0.939 bits per heavy atom. The number of amides is 1. The highest BCUT2D eigenvalue weighted by Gasteiger charge is 2.49. The van der Waals surface area contributed by atoms with Gasteiger partial charge in [-0.2, -0.15) is 0 Å². The fourth-order valence-electron chi connectivity index (χ4n) is 4.73. The van der Waals surface area contributed by atoms with E-state index < -0.39 is 17.7 Å². The molecule has 1 unspecified atom stereocenters. The fraction of sp³-hybridized carbons (Fsp3) is 0.407. The van der Waals surface area contributed by atoms with E-state index in [9.17, 15) is 14.7 Å². The molecule has 1 heterocycles. The van der Waals surface area contributed by atoms with E-state index in [4.69, 9.17) is 9.47 Å². The number of carbonyl (C=O) groups is 2. The molecule has 2 fully saturated rings. The Labute approximate surface area is 194 Å². The van der Waals surface area contributed by atoms with Crippen molar-refractivity contribution in [3.63, 3.8) is 0 Å². The summed E-state index contributed by atoms with van der Waals surface area (Å²) in [5.74, 6) is 0.0919. The summed E-state index contributed by atoms with van der Waals surface area (Å²) in [6, 6.07) is 13.8. The number of ether oxygens (including phenoxy) is 2. The minimum atomic E-state index is -0.635. The van der Waals surface area contributed by atoms with Crippen LogP contribution in [0.25, 0.3) is 5.76 Å². The number of benzene rings is 2. The molecule has 1 atom stereocenters. The third kappa shape index (κ3) is 4.61. The average molecular weight is 450 g/mol. The average Bonchev–Trinajstić information content (AvgIpc) is 3.45. The van der Waals surface area contributed by atoms with Crippen LogP contribution in [0.5, 0.6) is 11.5 Å². The number of likely N-dealkylation sites (tertiary alicyclic amines) is 1. The smallest absolute Gasteiger partial charge is 0.295 e. The summed E-state index contributed by atoms with van der Waals surface area (Å²) >= 11 is 0. The highest BCUT2D eigenvalue weighted by Crippen LogP contribution is 2.43. The van der Waals surface area contributed by atoms with Crippen LogP contribution in [0, 0.1) is 0 Å². The van der Waals surface area contributed by atoms with E-state index in [0.717, 1.165) is 43.4 Å². The number of aliphatic hydroxyl groups is 1. The molecule has 0 aromatic heterocycles. The largest absolute Gasteiger partial charge is 0.507 e. The Bertz CT molecular complexity index is 1020. The van der Waals surface area contributed by atoms with Crippen molar-refractivity contribution in [3.8, 4) is 11.5 Å². The molecule has 4 rings (SSSR count). The van der Waals surface area contributed by atoms with E-state index >= 15 is 0 Å². The Morgan fingerprint density at radius 3 is 2.15 bits per heavy atom. The van der Waals surface area contributed by atoms with Crippen molar-refractivity contribution in [2.24, 2.45) is 0 Å². The predicted molar refractivity (Wildman–Crippen MR) is 126 cm³/mol. The van der Waals surface area contributed by atoms with Crippen LogP contribution < -0.4 is 9.47 Å². The number of nitrogens with zero attached hydrogens (tertiary/aromatic N) is 1. The van der Waals surface area contributed by atoms with Gasteiger partial charge in [0.05, 0.1) is 24.8 Å². The molecule has 2 aliphatic rings. The first-order valence-electron chi connectivity index (χ1n) is 11.8. The number of Topliss-reactive ketones (excluding diaryl/α,β-unsaturated/α-hetero) is 1. The quantitative estimate of drug-likeness (QED) is 0.339. The lowest BCUT2D eigenvalue weighted by Crippen LogP contribution is -2.37. The first-order chi connectivity index (χ1) is 16.0. The van der Waals surface area contributed by atoms with Gasteiger partial charge in [-0.25, -0.2) is 0 Å². The molecule has 0 spiro atoms. The van der Waals surface area contributed by atoms with Gasteiger partial charge in [0.2, 0.25) is 0 Å². The van der Waals surface area contributed by atoms with Crippen molar-refractivity contribution in [2.75, 3.05) is 13.2 Å². The minimum absolute atomic E-state index is 0.00635. The zero-order valence-corrected chi connectivity index (χ0v) is 19.3. The van der Waals surface area contributed by atoms with E-state index in [1.54, 1.807) is 29.2 Å². The molecule has 6 nitrogen and oxygen atoms in total. The molecule has 2 aromatic rings. The normalized spacial score (nSPS) is 20.4. The van der Waals surface area contributed by atoms with E-state index in [-0.39, 0.29) is 17.4 Å². The van der Waals surface area contributed by atoms with Crippen LogP contribution in [0.15, 0.2) is 54.1 Å². The van der Waals surface area contributed by atoms with Crippen LogP contribution in [0.4, 0.5) is 0 Å². The second-order valence-electron chi connectivity index (χ2n) is 8.52. The maximum Gasteiger partial charge on any atom is 0.295 e. The Morgan fingerprint density at radius 2 is 1.55 bits per heavy atom. The summed E-state index contributed by atoms with van der Waals surface area (Å²) < 4.78 is 11.2. The van der Waals surface area contributed by atoms with Crippen molar-refractivity contribution >= 4 is 17.4 Å². The minimum Gasteiger partial charge on any atom is -0.507 e. The number of carbonyl (C=O) groups excluding carboxylic acids is 2. The fourth-order valence-corrected chi connectivity index (χ4v) is 4.73. The molecular weight excluding hydrogens is 418 g/mol. The topological polar surface area (TPSA) is 76.1 Å². The summed E-state index contributed by atoms with van der Waals surface area (Å²) in [5.41, 5.74) is 1.41. The second kappa shape index (κ2) is 10.1. The first-order valence-corrected chi connectivity index (χ1v) is 11.8. The first kappa shape index (κ1) is 22.9. The molecule has 33 heavy (non-hydrogen) atoms. The van der Waals surface area contributed by atoms with Crippen LogP contribution >= 0.6 is 0 Å². The van der Waals surface area contributed by atoms with E-state index in [0.29, 0.717) is 24.5 Å². The molecule has 1 N–H and O–H groups in total. The van der Waals surface area contributed by atoms with Gasteiger partial charge in [-0.1, -0.05) is 31.9 Å². The highest BCUT2D eigenvalue weighted by molar-refractivity contribution is 6.46. The van der Waals surface area contributed by atoms with Crippen LogP contribution in [0.3, 0.4) is 0 Å². The molecule has 1 aliphatic heterocycles. The third-order valence-electron chi connectivity index (χ3n) is 6.31. The second-order valence-corrected chi connectivity index (χ2v) is 8.52. The van der Waals surface area contributed by atoms with Crippen molar-refractivity contribution in [3.05, 3.63) is 65.2 Å². The summed E-state index contributed by atoms with van der Waals surface area (Å²) in [6.45, 7) is 5.11. The van der Waals surface area contributed by atoms with Gasteiger partial charge in [0.15, 0.2) is 0 Å². The van der Waals surface area contributed by atoms with Crippen molar-refractivity contribution in [1.82, 2.24) is 4.90 Å². The van der Waals surface area contributed by atoms with Gasteiger partial charge in [-0.3, -0.25) is 9.59 Å². The van der Waals surface area contributed by atoms with Crippen molar-refractivity contribution in [1.29, 1.82) is 0 Å². The van der Waals surface area contributed by atoms with Gasteiger partial charge in [0, 0.05) is 11.6 Å². The monoisotopic (exact) mass is 449 g/mol. The molecule has 1 saturated carbocycles. The number of hydrogen-bond donors (Lipinski definition) is 1. The number of aliphatic hydroxyl groups excluding tert-OH is 1. The summed E-state index contributed by atoms with van der Waals surface area (Å²) in [7, 11) is 0. The highest BCUT2D eigenvalue weighted by atomic mass is 16.5. The van der Waals surface area contributed by atoms with Gasteiger partial charge in [-0.05, 0) is 68.1 Å². The van der Waals surface area contributed by atoms with Gasteiger partial charge in [0.1, 0.15) is 17.3 Å². The lowest BCUT2D eigenvalue weighted by atomic mass is 9.94. The Balaban J connectivity index is 1.76. The van der Waals surface area contributed by atoms with Crippen LogP contribution in [0.1, 0.15) is 63.1 Å². The van der Waals surface area contributed by atoms with Gasteiger partial charge >= 0.3 is 0 Å². The Hall–Kier alpha value is -3.28. The Kier molecular flexibility index (Phi) is 7.02. The van der Waals surface area contributed by atoms with E-state index in [1.165, 1.54) is 0 Å². The molecule has 2 aromatic carbocycles. The molecule has 0 bridgehead atoms. The van der Waals surface area contributed by atoms with Gasteiger partial charge in [-0.15, -0.1) is 0 Å². The zero-order chi connectivity index (χ0) is 23.4. The summed E-state index contributed by atoms with van der Waals surface area (Å²) in [6.07, 6.45) is 4.69. The van der Waals surface area contributed by atoms with E-state index in [1.807, 2.05) is 38.1 Å². The molecule has 174 valence electrons. The predicted octanol–water partition coefficient (Wildman–Crippen LogP) is 5.24. The van der Waals surface area contributed by atoms with Gasteiger partial charge in [0.25, 0.3) is 11.7 Å². The molecule has 0 radical (unpaired) electrons. The maximum atomic E-state index is 13.2. The number of hydrogen-bond acceptors (Lipinski definition) is 5. The molecule has 1 aliphatic carbocycles. The third-order valence-corrected chi connectivity index (χ3v) is 6.31. The van der Waals surface area contributed by atoms with Crippen LogP contribution in [-0.4, -0.2) is 41.0 Å². The molecular formula is C27H31NO5. The standard InChI is InChI=1S/C27H31NO5/c1-3-17-33-22-15-11-19(12-16-22)25(29)23-24(18-9-13-21(14-10-18)32-4-2)28(27(31)26(23)30)20-7-5-6-8-20/h9-16,20,24,29H,3-8,17H2,1-2H3/b25-23-. The number of rotatable bonds is 8. The molecule has 6 heteroatoms. The molecule has 1 saturated heterocycles. The maximum absolute atomic E-state index is 13.2. The van der Waals surface area contributed by atoms with Crippen molar-refractivity contribution in [2.45, 2.75) is 58.0 Å².